The number of carboxylic acids is 1. The Bertz CT molecular complexity index is 678. The number of nitrogens with zero attached hydrogens (tertiary/aromatic N) is 1. The number of hydrogen-bond acceptors (Lipinski definition) is 3. The van der Waals surface area contributed by atoms with Gasteiger partial charge in [0.1, 0.15) is 5.76 Å². The summed E-state index contributed by atoms with van der Waals surface area (Å²) in [6, 6.07) is 10.3. The van der Waals surface area contributed by atoms with E-state index in [4.69, 9.17) is 4.42 Å². The van der Waals surface area contributed by atoms with E-state index in [2.05, 4.69) is 36.9 Å². The monoisotopic (exact) mass is 313 g/mol. The molecule has 2 aromatic rings. The van der Waals surface area contributed by atoms with Crippen LogP contribution in [-0.2, 0) is 4.79 Å². The van der Waals surface area contributed by atoms with E-state index in [9.17, 15) is 9.90 Å². The van der Waals surface area contributed by atoms with Crippen LogP contribution in [0.1, 0.15) is 41.3 Å². The first kappa shape index (κ1) is 15.8. The van der Waals surface area contributed by atoms with Crippen molar-refractivity contribution in [2.75, 3.05) is 13.1 Å². The Morgan fingerprint density at radius 3 is 2.83 bits per heavy atom. The topological polar surface area (TPSA) is 53.7 Å². The molecule has 2 unspecified atom stereocenters. The molecule has 2 heterocycles. The maximum absolute atomic E-state index is 11.4. The molecule has 1 aromatic carbocycles. The first-order chi connectivity index (χ1) is 11.1. The van der Waals surface area contributed by atoms with Gasteiger partial charge >= 0.3 is 5.97 Å². The Balaban J connectivity index is 1.98. The van der Waals surface area contributed by atoms with Gasteiger partial charge in [0.05, 0.1) is 18.2 Å². The van der Waals surface area contributed by atoms with E-state index < -0.39 is 5.97 Å². The highest BCUT2D eigenvalue weighted by molar-refractivity contribution is 5.70. The lowest BCUT2D eigenvalue weighted by Crippen LogP contribution is -2.41. The average Bonchev–Trinajstić information content (AvgIpc) is 3.04. The Kier molecular flexibility index (Phi) is 4.53. The summed E-state index contributed by atoms with van der Waals surface area (Å²) in [7, 11) is 0. The van der Waals surface area contributed by atoms with E-state index in [1.807, 2.05) is 12.1 Å². The molecule has 122 valence electrons. The van der Waals surface area contributed by atoms with E-state index in [1.54, 1.807) is 6.26 Å². The Labute approximate surface area is 136 Å². The molecule has 0 aliphatic carbocycles. The lowest BCUT2D eigenvalue weighted by atomic mass is 9.91. The van der Waals surface area contributed by atoms with Crippen molar-refractivity contribution in [3.05, 3.63) is 59.0 Å². The molecule has 0 saturated carbocycles. The fraction of sp³-hybridized carbons (Fsp3) is 0.421. The number of piperidine rings is 1. The van der Waals surface area contributed by atoms with Crippen LogP contribution in [0.5, 0.6) is 0 Å². The molecule has 1 saturated heterocycles. The Morgan fingerprint density at radius 2 is 2.17 bits per heavy atom. The van der Waals surface area contributed by atoms with Crippen LogP contribution in [0.15, 0.2) is 41.0 Å². The second kappa shape index (κ2) is 6.59. The maximum Gasteiger partial charge on any atom is 0.307 e. The fourth-order valence-corrected chi connectivity index (χ4v) is 3.55. The number of furan rings is 1. The van der Waals surface area contributed by atoms with E-state index in [-0.39, 0.29) is 12.0 Å². The van der Waals surface area contributed by atoms with Crippen molar-refractivity contribution in [1.82, 2.24) is 4.90 Å². The second-order valence-electron chi connectivity index (χ2n) is 6.45. The minimum Gasteiger partial charge on any atom is -0.481 e. The molecular weight excluding hydrogens is 290 g/mol. The number of carbonyl (C=O) groups is 1. The third-order valence-corrected chi connectivity index (χ3v) is 4.70. The van der Waals surface area contributed by atoms with Crippen molar-refractivity contribution in [3.8, 4) is 0 Å². The largest absolute Gasteiger partial charge is 0.481 e. The summed E-state index contributed by atoms with van der Waals surface area (Å²) < 4.78 is 5.70. The van der Waals surface area contributed by atoms with E-state index >= 15 is 0 Å². The van der Waals surface area contributed by atoms with Crippen LogP contribution in [0.25, 0.3) is 0 Å². The highest BCUT2D eigenvalue weighted by atomic mass is 16.4. The third kappa shape index (κ3) is 3.32. The van der Waals surface area contributed by atoms with Gasteiger partial charge in [-0.25, -0.2) is 0 Å². The summed E-state index contributed by atoms with van der Waals surface area (Å²) in [6.07, 6.45) is 3.34. The molecule has 1 aromatic heterocycles. The predicted octanol–water partition coefficient (Wildman–Crippen LogP) is 3.78. The summed E-state index contributed by atoms with van der Waals surface area (Å²) in [5.41, 5.74) is 3.63. The van der Waals surface area contributed by atoms with Crippen molar-refractivity contribution >= 4 is 5.97 Å². The molecule has 1 aliphatic heterocycles. The molecule has 0 amide bonds. The van der Waals surface area contributed by atoms with Gasteiger partial charge < -0.3 is 9.52 Å². The average molecular weight is 313 g/mol. The van der Waals surface area contributed by atoms with Crippen molar-refractivity contribution < 1.29 is 14.3 Å². The fourth-order valence-electron chi connectivity index (χ4n) is 3.55. The first-order valence-electron chi connectivity index (χ1n) is 8.13. The molecule has 23 heavy (non-hydrogen) atoms. The lowest BCUT2D eigenvalue weighted by molar-refractivity contribution is -0.143. The Morgan fingerprint density at radius 1 is 1.35 bits per heavy atom. The maximum atomic E-state index is 11.4. The minimum atomic E-state index is -0.700. The van der Waals surface area contributed by atoms with Crippen molar-refractivity contribution in [2.24, 2.45) is 5.92 Å². The van der Waals surface area contributed by atoms with Crippen LogP contribution in [0, 0.1) is 19.8 Å². The van der Waals surface area contributed by atoms with Gasteiger partial charge in [-0.05, 0) is 56.5 Å². The van der Waals surface area contributed by atoms with Gasteiger partial charge in [0.2, 0.25) is 0 Å². The van der Waals surface area contributed by atoms with Crippen LogP contribution in [0.2, 0.25) is 0 Å². The Hall–Kier alpha value is -2.07. The number of rotatable bonds is 4. The zero-order valence-corrected chi connectivity index (χ0v) is 13.7. The molecule has 0 bridgehead atoms. The van der Waals surface area contributed by atoms with Crippen molar-refractivity contribution in [3.63, 3.8) is 0 Å². The number of aryl methyl sites for hydroxylation is 2. The molecular formula is C19H23NO3. The van der Waals surface area contributed by atoms with Gasteiger partial charge in [0.15, 0.2) is 0 Å². The number of hydrogen-bond donors (Lipinski definition) is 1. The normalized spacial score (nSPS) is 20.3. The predicted molar refractivity (Wildman–Crippen MR) is 88.4 cm³/mol. The smallest absolute Gasteiger partial charge is 0.307 e. The standard InChI is InChI=1S/C19H23NO3/c1-13-7-8-16(14(2)11-13)18(17-6-4-10-23-17)20-9-3-5-15(12-20)19(21)22/h4,6-8,10-11,15,18H,3,5,9,12H2,1-2H3,(H,21,22). The number of benzene rings is 1. The van der Waals surface area contributed by atoms with Crippen LogP contribution < -0.4 is 0 Å². The molecule has 4 heteroatoms. The van der Waals surface area contributed by atoms with Crippen LogP contribution >= 0.6 is 0 Å². The van der Waals surface area contributed by atoms with Gasteiger partial charge in [0, 0.05) is 6.54 Å². The first-order valence-corrected chi connectivity index (χ1v) is 8.13. The summed E-state index contributed by atoms with van der Waals surface area (Å²) in [5.74, 6) is -0.122. The highest BCUT2D eigenvalue weighted by Crippen LogP contribution is 2.34. The molecule has 3 rings (SSSR count). The lowest BCUT2D eigenvalue weighted by Gasteiger charge is -2.37. The molecule has 1 N–H and O–H groups in total. The second-order valence-corrected chi connectivity index (χ2v) is 6.45. The van der Waals surface area contributed by atoms with Gasteiger partial charge in [-0.1, -0.05) is 23.8 Å². The number of aliphatic carboxylic acids is 1. The van der Waals surface area contributed by atoms with Crippen molar-refractivity contribution in [2.45, 2.75) is 32.7 Å². The molecule has 2 atom stereocenters. The molecule has 0 radical (unpaired) electrons. The highest BCUT2D eigenvalue weighted by Gasteiger charge is 2.33. The summed E-state index contributed by atoms with van der Waals surface area (Å²) in [6.45, 7) is 5.65. The van der Waals surface area contributed by atoms with Crippen LogP contribution in [-0.4, -0.2) is 29.1 Å². The van der Waals surface area contributed by atoms with Gasteiger partial charge in [0.25, 0.3) is 0 Å². The zero-order valence-electron chi connectivity index (χ0n) is 13.7. The minimum absolute atomic E-state index is 0.0206. The SMILES string of the molecule is Cc1ccc(C(c2ccco2)N2CCCC(C(=O)O)C2)c(C)c1. The third-order valence-electron chi connectivity index (χ3n) is 4.70. The quantitative estimate of drug-likeness (QED) is 0.933. The van der Waals surface area contributed by atoms with Gasteiger partial charge in [-0.2, -0.15) is 0 Å². The molecule has 0 spiro atoms. The van der Waals surface area contributed by atoms with E-state index in [1.165, 1.54) is 16.7 Å². The zero-order chi connectivity index (χ0) is 16.4. The van der Waals surface area contributed by atoms with Crippen molar-refractivity contribution in [1.29, 1.82) is 0 Å². The summed E-state index contributed by atoms with van der Waals surface area (Å²) >= 11 is 0. The van der Waals surface area contributed by atoms with Crippen LogP contribution in [0.4, 0.5) is 0 Å². The summed E-state index contributed by atoms with van der Waals surface area (Å²) in [5, 5.41) is 9.38. The molecule has 4 nitrogen and oxygen atoms in total. The van der Waals surface area contributed by atoms with Crippen LogP contribution in [0.3, 0.4) is 0 Å². The summed E-state index contributed by atoms with van der Waals surface area (Å²) in [4.78, 5) is 13.7. The molecule has 1 aliphatic rings. The van der Waals surface area contributed by atoms with E-state index in [0.29, 0.717) is 6.54 Å². The number of likely N-dealkylation sites (tertiary alicyclic amines) is 1. The molecule has 1 fully saturated rings. The van der Waals surface area contributed by atoms with E-state index in [0.717, 1.165) is 25.1 Å². The number of carboxylic acid groups (broad SMARTS) is 1. The van der Waals surface area contributed by atoms with Gasteiger partial charge in [-0.15, -0.1) is 0 Å². The van der Waals surface area contributed by atoms with Gasteiger partial charge in [-0.3, -0.25) is 9.69 Å².